The quantitative estimate of drug-likeness (QED) is 0.773. The van der Waals surface area contributed by atoms with Crippen LogP contribution in [0.15, 0.2) is 12.3 Å². The SMILES string of the molecule is C1=CO[C@H](CN2CCC(OC[C@H]3CCOC3)CC2)CC1. The van der Waals surface area contributed by atoms with Gasteiger partial charge in [-0.05, 0) is 38.2 Å². The molecule has 3 aliphatic rings. The summed E-state index contributed by atoms with van der Waals surface area (Å²) in [7, 11) is 0. The molecule has 0 N–H and O–H groups in total. The van der Waals surface area contributed by atoms with Crippen LogP contribution in [0.2, 0.25) is 0 Å². The normalized spacial score (nSPS) is 32.4. The summed E-state index contributed by atoms with van der Waals surface area (Å²) in [4.78, 5) is 2.53. The van der Waals surface area contributed by atoms with Crippen molar-refractivity contribution in [1.82, 2.24) is 4.90 Å². The van der Waals surface area contributed by atoms with Crippen LogP contribution in [0.3, 0.4) is 0 Å². The molecule has 0 unspecified atom stereocenters. The Morgan fingerprint density at radius 3 is 2.75 bits per heavy atom. The van der Waals surface area contributed by atoms with E-state index in [1.54, 1.807) is 0 Å². The van der Waals surface area contributed by atoms with Gasteiger partial charge in [-0.1, -0.05) is 0 Å². The van der Waals surface area contributed by atoms with E-state index in [-0.39, 0.29) is 0 Å². The van der Waals surface area contributed by atoms with E-state index >= 15 is 0 Å². The van der Waals surface area contributed by atoms with Gasteiger partial charge >= 0.3 is 0 Å². The highest BCUT2D eigenvalue weighted by Crippen LogP contribution is 2.19. The molecule has 0 radical (unpaired) electrons. The Kier molecular flexibility index (Phi) is 5.34. The van der Waals surface area contributed by atoms with Crippen LogP contribution in [0.5, 0.6) is 0 Å². The van der Waals surface area contributed by atoms with E-state index < -0.39 is 0 Å². The van der Waals surface area contributed by atoms with E-state index in [2.05, 4.69) is 11.0 Å². The van der Waals surface area contributed by atoms with E-state index in [4.69, 9.17) is 14.2 Å². The number of hydrogen-bond donors (Lipinski definition) is 0. The summed E-state index contributed by atoms with van der Waals surface area (Å²) in [6.07, 6.45) is 10.7. The van der Waals surface area contributed by atoms with Crippen LogP contribution in [0.1, 0.15) is 32.1 Å². The average molecular weight is 281 g/mol. The molecule has 20 heavy (non-hydrogen) atoms. The van der Waals surface area contributed by atoms with Gasteiger partial charge in [0.05, 0.1) is 25.6 Å². The van der Waals surface area contributed by atoms with Crippen molar-refractivity contribution >= 4 is 0 Å². The molecule has 4 heteroatoms. The van der Waals surface area contributed by atoms with Crippen LogP contribution in [0.4, 0.5) is 0 Å². The molecule has 0 amide bonds. The van der Waals surface area contributed by atoms with Crippen molar-refractivity contribution < 1.29 is 14.2 Å². The Labute approximate surface area is 122 Å². The van der Waals surface area contributed by atoms with E-state index in [9.17, 15) is 0 Å². The molecule has 4 nitrogen and oxygen atoms in total. The lowest BCUT2D eigenvalue weighted by Gasteiger charge is -2.34. The second-order valence-corrected chi connectivity index (χ2v) is 6.27. The fourth-order valence-corrected chi connectivity index (χ4v) is 3.25. The van der Waals surface area contributed by atoms with Crippen molar-refractivity contribution in [2.24, 2.45) is 5.92 Å². The summed E-state index contributed by atoms with van der Waals surface area (Å²) < 4.78 is 17.1. The predicted molar refractivity (Wildman–Crippen MR) is 77.6 cm³/mol. The topological polar surface area (TPSA) is 30.9 Å². The highest BCUT2D eigenvalue weighted by atomic mass is 16.5. The van der Waals surface area contributed by atoms with E-state index in [1.807, 2.05) is 6.26 Å². The lowest BCUT2D eigenvalue weighted by molar-refractivity contribution is -0.0194. The zero-order chi connectivity index (χ0) is 13.6. The van der Waals surface area contributed by atoms with Crippen LogP contribution in [0.25, 0.3) is 0 Å². The maximum absolute atomic E-state index is 6.06. The third-order valence-electron chi connectivity index (χ3n) is 4.61. The summed E-state index contributed by atoms with van der Waals surface area (Å²) >= 11 is 0. The third-order valence-corrected chi connectivity index (χ3v) is 4.61. The number of ether oxygens (including phenoxy) is 3. The van der Waals surface area contributed by atoms with Gasteiger partial charge in [-0.3, -0.25) is 4.90 Å². The van der Waals surface area contributed by atoms with E-state index in [1.165, 1.54) is 6.42 Å². The summed E-state index contributed by atoms with van der Waals surface area (Å²) in [5.74, 6) is 0.635. The summed E-state index contributed by atoms with van der Waals surface area (Å²) in [6, 6.07) is 0. The average Bonchev–Trinajstić information content (AvgIpc) is 3.01. The Bertz CT molecular complexity index is 307. The second-order valence-electron chi connectivity index (χ2n) is 6.27. The second kappa shape index (κ2) is 7.43. The molecule has 3 heterocycles. The molecule has 0 aliphatic carbocycles. The summed E-state index contributed by atoms with van der Waals surface area (Å²) in [5, 5.41) is 0. The Morgan fingerprint density at radius 2 is 2.05 bits per heavy atom. The van der Waals surface area contributed by atoms with Gasteiger partial charge in [0.15, 0.2) is 0 Å². The fraction of sp³-hybridized carbons (Fsp3) is 0.875. The molecule has 0 bridgehead atoms. The minimum absolute atomic E-state index is 0.396. The van der Waals surface area contributed by atoms with Gasteiger partial charge in [0.2, 0.25) is 0 Å². The summed E-state index contributed by atoms with van der Waals surface area (Å²) in [5.41, 5.74) is 0. The Morgan fingerprint density at radius 1 is 1.15 bits per heavy atom. The predicted octanol–water partition coefficient (Wildman–Crippen LogP) is 2.20. The van der Waals surface area contributed by atoms with Crippen LogP contribution in [-0.2, 0) is 14.2 Å². The smallest absolute Gasteiger partial charge is 0.111 e. The van der Waals surface area contributed by atoms with Crippen molar-refractivity contribution in [3.63, 3.8) is 0 Å². The molecule has 114 valence electrons. The lowest BCUT2D eigenvalue weighted by atomic mass is 10.1. The molecule has 2 atom stereocenters. The number of hydrogen-bond acceptors (Lipinski definition) is 4. The highest BCUT2D eigenvalue weighted by molar-refractivity contribution is 4.84. The van der Waals surface area contributed by atoms with Gasteiger partial charge in [-0.2, -0.15) is 0 Å². The van der Waals surface area contributed by atoms with E-state index in [0.29, 0.717) is 18.1 Å². The van der Waals surface area contributed by atoms with Crippen LogP contribution < -0.4 is 0 Å². The van der Waals surface area contributed by atoms with Gasteiger partial charge in [-0.25, -0.2) is 0 Å². The maximum atomic E-state index is 6.06. The first-order chi connectivity index (χ1) is 9.90. The highest BCUT2D eigenvalue weighted by Gasteiger charge is 2.24. The molecule has 3 rings (SSSR count). The number of likely N-dealkylation sites (tertiary alicyclic amines) is 1. The largest absolute Gasteiger partial charge is 0.497 e. The van der Waals surface area contributed by atoms with Gasteiger partial charge < -0.3 is 14.2 Å². The minimum Gasteiger partial charge on any atom is -0.497 e. The fourth-order valence-electron chi connectivity index (χ4n) is 3.25. The number of nitrogens with zero attached hydrogens (tertiary/aromatic N) is 1. The maximum Gasteiger partial charge on any atom is 0.111 e. The van der Waals surface area contributed by atoms with Crippen LogP contribution in [0, 0.1) is 5.92 Å². The molecule has 0 spiro atoms. The van der Waals surface area contributed by atoms with Gasteiger partial charge in [-0.15, -0.1) is 0 Å². The van der Waals surface area contributed by atoms with Crippen molar-refractivity contribution in [1.29, 1.82) is 0 Å². The van der Waals surface area contributed by atoms with Crippen molar-refractivity contribution in [2.45, 2.75) is 44.3 Å². The minimum atomic E-state index is 0.396. The summed E-state index contributed by atoms with van der Waals surface area (Å²) in [6.45, 7) is 6.08. The molecular weight excluding hydrogens is 254 g/mol. The van der Waals surface area contributed by atoms with Crippen molar-refractivity contribution in [3.8, 4) is 0 Å². The number of allylic oxidation sites excluding steroid dienone is 1. The number of rotatable bonds is 5. The molecular formula is C16H27NO3. The molecule has 0 aromatic heterocycles. The zero-order valence-corrected chi connectivity index (χ0v) is 12.3. The molecule has 0 aromatic rings. The Hall–Kier alpha value is -0.580. The molecule has 2 fully saturated rings. The first-order valence-electron chi connectivity index (χ1n) is 8.12. The Balaban J connectivity index is 1.31. The monoisotopic (exact) mass is 281 g/mol. The lowest BCUT2D eigenvalue weighted by Crippen LogP contribution is -2.42. The molecule has 3 aliphatic heterocycles. The standard InChI is InChI=1S/C16H27NO3/c1-2-9-19-16(3-1)11-17-7-4-15(5-8-17)20-13-14-6-10-18-12-14/h2,9,14-16H,1,3-8,10-13H2/t14-,16-/m0/s1. The first-order valence-corrected chi connectivity index (χ1v) is 8.12. The van der Waals surface area contributed by atoms with Crippen molar-refractivity contribution in [3.05, 3.63) is 12.3 Å². The van der Waals surface area contributed by atoms with E-state index in [0.717, 1.165) is 65.1 Å². The van der Waals surface area contributed by atoms with Crippen molar-refractivity contribution in [2.75, 3.05) is 39.5 Å². The van der Waals surface area contributed by atoms with Crippen LogP contribution >= 0.6 is 0 Å². The molecule has 2 saturated heterocycles. The van der Waals surface area contributed by atoms with Gasteiger partial charge in [0.1, 0.15) is 6.10 Å². The third kappa shape index (κ3) is 4.21. The van der Waals surface area contributed by atoms with Crippen LogP contribution in [-0.4, -0.2) is 56.6 Å². The molecule has 0 saturated carbocycles. The zero-order valence-electron chi connectivity index (χ0n) is 12.3. The van der Waals surface area contributed by atoms with Gasteiger partial charge in [0, 0.05) is 32.2 Å². The first kappa shape index (κ1) is 14.4. The molecule has 0 aromatic carbocycles. The van der Waals surface area contributed by atoms with Gasteiger partial charge in [0.25, 0.3) is 0 Å². The number of piperidine rings is 1.